The maximum atomic E-state index is 6.58. The van der Waals surface area contributed by atoms with Gasteiger partial charge in [0, 0.05) is 23.2 Å². The Kier molecular flexibility index (Phi) is 3.28. The molecule has 0 bridgehead atoms. The van der Waals surface area contributed by atoms with Crippen LogP contribution in [0, 0.1) is 5.92 Å². The predicted octanol–water partition coefficient (Wildman–Crippen LogP) is 4.36. The second kappa shape index (κ2) is 5.18. The lowest BCUT2D eigenvalue weighted by atomic mass is 9.83. The van der Waals surface area contributed by atoms with E-state index in [-0.39, 0.29) is 12.1 Å². The summed E-state index contributed by atoms with van der Waals surface area (Å²) in [4.78, 5) is 2.36. The van der Waals surface area contributed by atoms with Gasteiger partial charge in [-0.3, -0.25) is 0 Å². The van der Waals surface area contributed by atoms with E-state index in [1.54, 1.807) is 0 Å². The van der Waals surface area contributed by atoms with Crippen molar-refractivity contribution in [2.24, 2.45) is 11.7 Å². The van der Waals surface area contributed by atoms with Gasteiger partial charge in [0.05, 0.1) is 11.7 Å². The van der Waals surface area contributed by atoms with E-state index in [9.17, 15) is 0 Å². The minimum Gasteiger partial charge on any atom is -0.455 e. The molecule has 4 rings (SSSR count). The molecule has 1 unspecified atom stereocenters. The molecule has 0 aliphatic carbocycles. The van der Waals surface area contributed by atoms with Crippen molar-refractivity contribution in [3.8, 4) is 11.5 Å². The molecule has 0 aromatic heterocycles. The molecule has 22 heavy (non-hydrogen) atoms. The highest BCUT2D eigenvalue weighted by Crippen LogP contribution is 2.48. The molecule has 2 aromatic carbocycles. The molecule has 0 saturated carbocycles. The van der Waals surface area contributed by atoms with Crippen LogP contribution in [0.4, 0.5) is 5.69 Å². The summed E-state index contributed by atoms with van der Waals surface area (Å²) in [5.74, 6) is 2.22. The van der Waals surface area contributed by atoms with Crippen LogP contribution in [0.3, 0.4) is 0 Å². The number of hydrogen-bond donors (Lipinski definition) is 1. The molecule has 2 N–H and O–H groups in total. The van der Waals surface area contributed by atoms with Gasteiger partial charge in [-0.1, -0.05) is 36.7 Å². The summed E-state index contributed by atoms with van der Waals surface area (Å²) in [7, 11) is 0. The number of benzene rings is 2. The molecule has 2 heterocycles. The van der Waals surface area contributed by atoms with Crippen molar-refractivity contribution < 1.29 is 4.74 Å². The van der Waals surface area contributed by atoms with Gasteiger partial charge in [0.2, 0.25) is 0 Å². The third-order valence-corrected chi connectivity index (χ3v) is 5.11. The topological polar surface area (TPSA) is 38.5 Å². The molecule has 0 amide bonds. The zero-order chi connectivity index (χ0) is 15.3. The Labute approximate surface area is 135 Å². The highest BCUT2D eigenvalue weighted by Gasteiger charge is 2.39. The highest BCUT2D eigenvalue weighted by molar-refractivity contribution is 6.31. The highest BCUT2D eigenvalue weighted by atomic mass is 35.5. The van der Waals surface area contributed by atoms with Crippen molar-refractivity contribution in [2.45, 2.75) is 25.4 Å². The van der Waals surface area contributed by atoms with E-state index in [1.807, 2.05) is 30.3 Å². The smallest absolute Gasteiger partial charge is 0.150 e. The van der Waals surface area contributed by atoms with E-state index < -0.39 is 0 Å². The Bertz CT molecular complexity index is 718. The van der Waals surface area contributed by atoms with Crippen molar-refractivity contribution in [1.29, 1.82) is 0 Å². The number of halogens is 1. The van der Waals surface area contributed by atoms with Crippen LogP contribution in [0.2, 0.25) is 5.02 Å². The van der Waals surface area contributed by atoms with E-state index >= 15 is 0 Å². The number of piperidine rings is 1. The Morgan fingerprint density at radius 2 is 2.00 bits per heavy atom. The average Bonchev–Trinajstić information content (AvgIpc) is 2.65. The van der Waals surface area contributed by atoms with Crippen LogP contribution < -0.4 is 15.4 Å². The summed E-state index contributed by atoms with van der Waals surface area (Å²) in [5, 5.41) is 0.722. The number of nitrogens with two attached hydrogens (primary N) is 1. The summed E-state index contributed by atoms with van der Waals surface area (Å²) in [6.07, 6.45) is 1.08. The third kappa shape index (κ3) is 2.08. The van der Waals surface area contributed by atoms with E-state index in [0.29, 0.717) is 5.92 Å². The van der Waals surface area contributed by atoms with Crippen molar-refractivity contribution in [3.05, 3.63) is 53.1 Å². The third-order valence-electron chi connectivity index (χ3n) is 4.87. The molecule has 0 spiro atoms. The maximum Gasteiger partial charge on any atom is 0.150 e. The zero-order valence-electron chi connectivity index (χ0n) is 12.5. The van der Waals surface area contributed by atoms with Crippen LogP contribution in [-0.2, 0) is 0 Å². The van der Waals surface area contributed by atoms with Crippen molar-refractivity contribution >= 4 is 17.3 Å². The minimum absolute atomic E-state index is 0.0726. The number of para-hydroxylation sites is 1. The fourth-order valence-corrected chi connectivity index (χ4v) is 3.74. The number of ether oxygens (including phenoxy) is 1. The maximum absolute atomic E-state index is 6.58. The molecule has 1 fully saturated rings. The van der Waals surface area contributed by atoms with Crippen molar-refractivity contribution in [1.82, 2.24) is 0 Å². The second-order valence-electron chi connectivity index (χ2n) is 6.23. The Morgan fingerprint density at radius 3 is 2.86 bits per heavy atom. The monoisotopic (exact) mass is 314 g/mol. The van der Waals surface area contributed by atoms with E-state index in [0.717, 1.165) is 40.7 Å². The lowest BCUT2D eigenvalue weighted by Crippen LogP contribution is -2.50. The van der Waals surface area contributed by atoms with Gasteiger partial charge in [-0.2, -0.15) is 0 Å². The van der Waals surface area contributed by atoms with E-state index in [1.165, 1.54) is 0 Å². The molecule has 2 aromatic rings. The standard InChI is InChI=1S/C18H19ClN2O/c1-11-8-9-21-14-10-12(19)6-7-16(14)22-15-5-3-2-4-13(15)18(21)17(11)20/h2-7,10-11,17-18H,8-9,20H2,1H3/t11-,17?,18+/m1/s1. The minimum atomic E-state index is 0.0726. The van der Waals surface area contributed by atoms with Gasteiger partial charge in [-0.15, -0.1) is 0 Å². The van der Waals surface area contributed by atoms with Crippen LogP contribution in [-0.4, -0.2) is 12.6 Å². The summed E-state index contributed by atoms with van der Waals surface area (Å²) < 4.78 is 6.18. The summed E-state index contributed by atoms with van der Waals surface area (Å²) in [6.45, 7) is 3.19. The first kappa shape index (κ1) is 13.9. The number of hydrogen-bond acceptors (Lipinski definition) is 3. The van der Waals surface area contributed by atoms with Gasteiger partial charge in [0.15, 0.2) is 5.75 Å². The van der Waals surface area contributed by atoms with Gasteiger partial charge in [-0.05, 0) is 36.6 Å². The number of anilines is 1. The van der Waals surface area contributed by atoms with E-state index in [2.05, 4.69) is 24.0 Å². The molecule has 1 saturated heterocycles. The van der Waals surface area contributed by atoms with Gasteiger partial charge >= 0.3 is 0 Å². The fraction of sp³-hybridized carbons (Fsp3) is 0.333. The predicted molar refractivity (Wildman–Crippen MR) is 89.8 cm³/mol. The molecule has 4 heteroatoms. The fourth-order valence-electron chi connectivity index (χ4n) is 3.58. The lowest BCUT2D eigenvalue weighted by molar-refractivity contribution is 0.312. The van der Waals surface area contributed by atoms with Crippen LogP contribution >= 0.6 is 11.6 Å². The van der Waals surface area contributed by atoms with E-state index in [4.69, 9.17) is 22.1 Å². The van der Waals surface area contributed by atoms with Crippen LogP contribution in [0.15, 0.2) is 42.5 Å². The summed E-state index contributed by atoms with van der Waals surface area (Å²) in [6, 6.07) is 14.2. The SMILES string of the molecule is C[C@@H]1CCN2c3cc(Cl)ccc3Oc3ccccc3[C@H]2C1N. The first-order valence-electron chi connectivity index (χ1n) is 7.73. The van der Waals surface area contributed by atoms with Crippen LogP contribution in [0.25, 0.3) is 0 Å². The second-order valence-corrected chi connectivity index (χ2v) is 6.67. The van der Waals surface area contributed by atoms with Gasteiger partial charge in [0.25, 0.3) is 0 Å². The van der Waals surface area contributed by atoms with Crippen molar-refractivity contribution in [3.63, 3.8) is 0 Å². The first-order chi connectivity index (χ1) is 10.6. The number of rotatable bonds is 0. The zero-order valence-corrected chi connectivity index (χ0v) is 13.3. The summed E-state index contributed by atoms with van der Waals surface area (Å²) in [5.41, 5.74) is 8.78. The molecule has 3 atom stereocenters. The molecule has 2 aliphatic rings. The molecule has 3 nitrogen and oxygen atoms in total. The van der Waals surface area contributed by atoms with Gasteiger partial charge in [0.1, 0.15) is 5.75 Å². The van der Waals surface area contributed by atoms with Crippen molar-refractivity contribution in [2.75, 3.05) is 11.4 Å². The first-order valence-corrected chi connectivity index (χ1v) is 8.11. The summed E-state index contributed by atoms with van der Waals surface area (Å²) >= 11 is 6.22. The Hall–Kier alpha value is -1.71. The molecule has 114 valence electrons. The van der Waals surface area contributed by atoms with Gasteiger partial charge in [-0.25, -0.2) is 0 Å². The molecular weight excluding hydrogens is 296 g/mol. The molecular formula is C18H19ClN2O. The average molecular weight is 315 g/mol. The quantitative estimate of drug-likeness (QED) is 0.785. The van der Waals surface area contributed by atoms with Crippen LogP contribution in [0.5, 0.6) is 11.5 Å². The lowest BCUT2D eigenvalue weighted by Gasteiger charge is -2.43. The van der Waals surface area contributed by atoms with Crippen LogP contribution in [0.1, 0.15) is 24.9 Å². The number of nitrogens with zero attached hydrogens (tertiary/aromatic N) is 1. The Morgan fingerprint density at radius 1 is 1.18 bits per heavy atom. The Balaban J connectivity index is 1.94. The van der Waals surface area contributed by atoms with Gasteiger partial charge < -0.3 is 15.4 Å². The molecule has 2 aliphatic heterocycles. The molecule has 0 radical (unpaired) electrons. The largest absolute Gasteiger partial charge is 0.455 e. The normalized spacial score (nSPS) is 26.3. The number of fused-ring (bicyclic) bond motifs is 5.